The summed E-state index contributed by atoms with van der Waals surface area (Å²) >= 11 is 0. The van der Waals surface area contributed by atoms with Crippen molar-refractivity contribution in [3.8, 4) is 0 Å². The van der Waals surface area contributed by atoms with Crippen LogP contribution >= 0.6 is 0 Å². The fourth-order valence-corrected chi connectivity index (χ4v) is 8.17. The molecule has 4 aliphatic carbocycles. The second kappa shape index (κ2) is 5.92. The summed E-state index contributed by atoms with van der Waals surface area (Å²) in [4.78, 5) is 15.5. The molecule has 0 saturated heterocycles. The molecule has 0 spiro atoms. The van der Waals surface area contributed by atoms with Crippen molar-refractivity contribution >= 4 is 6.08 Å². The molecular weight excluding hydrogens is 308 g/mol. The summed E-state index contributed by atoms with van der Waals surface area (Å²) in [5, 5.41) is 4.97. The first kappa shape index (κ1) is 17.7. The van der Waals surface area contributed by atoms with E-state index in [-0.39, 0.29) is 11.1 Å². The molecule has 4 rings (SSSR count). The molecule has 3 nitrogen and oxygen atoms in total. The van der Waals surface area contributed by atoms with Gasteiger partial charge in [0, 0.05) is 0 Å². The number of isocyanates is 1. The SMILES string of the molecule is C[N-][C@]1(C)[C@H](C)C[C@@H]2C[C@H](C)[C@H]3CC[C@](C)(N=C=O)[C@H]4CC[C@H]1[C@@H]2[C@H]34. The van der Waals surface area contributed by atoms with Crippen molar-refractivity contribution in [2.24, 2.45) is 52.3 Å². The van der Waals surface area contributed by atoms with Gasteiger partial charge in [0.15, 0.2) is 0 Å². The first-order chi connectivity index (χ1) is 11.9. The predicted molar refractivity (Wildman–Crippen MR) is 101 cm³/mol. The Balaban J connectivity index is 1.77. The van der Waals surface area contributed by atoms with Gasteiger partial charge in [0.2, 0.25) is 6.08 Å². The lowest BCUT2D eigenvalue weighted by atomic mass is 9.40. The van der Waals surface area contributed by atoms with Gasteiger partial charge in [0.25, 0.3) is 0 Å². The maximum Gasteiger partial charge on any atom is 0.235 e. The highest BCUT2D eigenvalue weighted by molar-refractivity contribution is 5.35. The van der Waals surface area contributed by atoms with E-state index in [1.807, 2.05) is 13.1 Å². The molecule has 25 heavy (non-hydrogen) atoms. The molecule has 0 unspecified atom stereocenters. The van der Waals surface area contributed by atoms with Gasteiger partial charge in [-0.15, -0.1) is 5.54 Å². The van der Waals surface area contributed by atoms with Crippen LogP contribution in [0.4, 0.5) is 0 Å². The van der Waals surface area contributed by atoms with E-state index in [2.05, 4.69) is 32.7 Å². The summed E-state index contributed by atoms with van der Waals surface area (Å²) in [5.41, 5.74) is -0.0304. The fraction of sp³-hybridized carbons (Fsp3) is 0.955. The molecule has 0 aliphatic heterocycles. The normalized spacial score (nSPS) is 57.3. The molecule has 3 heteroatoms. The highest BCUT2D eigenvalue weighted by atomic mass is 16.1. The molecule has 0 amide bonds. The van der Waals surface area contributed by atoms with Crippen LogP contribution in [0, 0.1) is 47.3 Å². The monoisotopic (exact) mass is 343 g/mol. The number of carbonyl (C=O) groups excluding carboxylic acids is 1. The molecule has 10 atom stereocenters. The molecule has 140 valence electrons. The predicted octanol–water partition coefficient (Wildman–Crippen LogP) is 5.21. The third kappa shape index (κ3) is 2.34. The van der Waals surface area contributed by atoms with Gasteiger partial charge in [-0.1, -0.05) is 39.0 Å². The molecule has 0 N–H and O–H groups in total. The Hall–Kier alpha value is -0.660. The summed E-state index contributed by atoms with van der Waals surface area (Å²) in [5.74, 6) is 6.05. The van der Waals surface area contributed by atoms with Gasteiger partial charge in [-0.2, -0.15) is 12.0 Å². The Morgan fingerprint density at radius 2 is 1.76 bits per heavy atom. The minimum absolute atomic E-state index is 0.138. The third-order valence-electron chi connectivity index (χ3n) is 9.58. The number of hydrogen-bond acceptors (Lipinski definition) is 2. The number of nitrogens with zero attached hydrogens (tertiary/aromatic N) is 2. The summed E-state index contributed by atoms with van der Waals surface area (Å²) in [7, 11) is 2.05. The molecule has 0 aromatic carbocycles. The van der Waals surface area contributed by atoms with E-state index in [9.17, 15) is 4.79 Å². The lowest BCUT2D eigenvalue weighted by Crippen LogP contribution is -2.63. The Morgan fingerprint density at radius 3 is 2.44 bits per heavy atom. The highest BCUT2D eigenvalue weighted by Crippen LogP contribution is 2.66. The fourth-order valence-electron chi connectivity index (χ4n) is 8.17. The average molecular weight is 344 g/mol. The van der Waals surface area contributed by atoms with E-state index in [4.69, 9.17) is 5.32 Å². The first-order valence-corrected chi connectivity index (χ1v) is 10.6. The van der Waals surface area contributed by atoms with Gasteiger partial charge >= 0.3 is 0 Å². The van der Waals surface area contributed by atoms with Crippen LogP contribution in [0.1, 0.15) is 66.2 Å². The van der Waals surface area contributed by atoms with Crippen LogP contribution in [0.15, 0.2) is 4.99 Å². The Bertz CT molecular complexity index is 585. The van der Waals surface area contributed by atoms with Crippen molar-refractivity contribution in [2.45, 2.75) is 77.3 Å². The quantitative estimate of drug-likeness (QED) is 0.501. The van der Waals surface area contributed by atoms with Gasteiger partial charge in [-0.05, 0) is 74.5 Å². The molecule has 4 aliphatic rings. The van der Waals surface area contributed by atoms with Gasteiger partial charge in [0.1, 0.15) is 0 Å². The van der Waals surface area contributed by atoms with E-state index in [1.165, 1.54) is 32.1 Å². The summed E-state index contributed by atoms with van der Waals surface area (Å²) in [6, 6.07) is 0. The molecule has 4 saturated carbocycles. The number of aliphatic imine (C=N–C) groups is 1. The molecule has 0 heterocycles. The van der Waals surface area contributed by atoms with Gasteiger partial charge in [0.05, 0.1) is 5.54 Å². The molecule has 0 aromatic heterocycles. The Labute approximate surface area is 153 Å². The third-order valence-corrected chi connectivity index (χ3v) is 9.58. The van der Waals surface area contributed by atoms with Crippen molar-refractivity contribution in [3.05, 3.63) is 5.32 Å². The minimum Gasteiger partial charge on any atom is -0.659 e. The van der Waals surface area contributed by atoms with E-state index >= 15 is 0 Å². The van der Waals surface area contributed by atoms with E-state index in [0.29, 0.717) is 11.8 Å². The number of rotatable bonds is 2. The molecular formula is C22H35N2O-. The second-order valence-corrected chi connectivity index (χ2v) is 10.3. The zero-order valence-corrected chi connectivity index (χ0v) is 16.7. The maximum atomic E-state index is 11.1. The summed E-state index contributed by atoms with van der Waals surface area (Å²) < 4.78 is 0. The number of hydrogen-bond donors (Lipinski definition) is 0. The maximum absolute atomic E-state index is 11.1. The van der Waals surface area contributed by atoms with Crippen molar-refractivity contribution in [2.75, 3.05) is 7.05 Å². The van der Waals surface area contributed by atoms with E-state index in [0.717, 1.165) is 41.9 Å². The molecule has 0 radical (unpaired) electrons. The topological polar surface area (TPSA) is 43.5 Å². The van der Waals surface area contributed by atoms with Crippen LogP contribution in [-0.2, 0) is 4.79 Å². The van der Waals surface area contributed by atoms with Gasteiger partial charge in [-0.3, -0.25) is 0 Å². The zero-order valence-electron chi connectivity index (χ0n) is 16.7. The lowest BCUT2D eigenvalue weighted by Gasteiger charge is -2.70. The minimum atomic E-state index is -0.168. The lowest BCUT2D eigenvalue weighted by molar-refractivity contribution is -0.144. The molecule has 4 fully saturated rings. The standard InChI is InChI=1S/C22H35N2O/c1-13-10-15-11-14(2)22(4,23-5)18-7-6-17-20(19(15)18)16(13)8-9-21(17,3)24-12-25/h13-20H,6-11H2,1-5H3/q-1/t13-,14+,15-,16+,17-,18-,19+,20+,21-,22+/m0/s1. The zero-order chi connectivity index (χ0) is 18.0. The van der Waals surface area contributed by atoms with Gasteiger partial charge < -0.3 is 5.32 Å². The second-order valence-electron chi connectivity index (χ2n) is 10.3. The largest absolute Gasteiger partial charge is 0.659 e. The van der Waals surface area contributed by atoms with Crippen LogP contribution in [0.25, 0.3) is 5.32 Å². The molecule has 0 aromatic rings. The van der Waals surface area contributed by atoms with Crippen LogP contribution in [-0.4, -0.2) is 24.2 Å². The van der Waals surface area contributed by atoms with Crippen LogP contribution in [0.5, 0.6) is 0 Å². The first-order valence-electron chi connectivity index (χ1n) is 10.6. The van der Waals surface area contributed by atoms with Crippen LogP contribution in [0.2, 0.25) is 0 Å². The molecule has 0 bridgehead atoms. The summed E-state index contributed by atoms with van der Waals surface area (Å²) in [6.45, 7) is 9.60. The van der Waals surface area contributed by atoms with Crippen molar-refractivity contribution in [1.82, 2.24) is 0 Å². The Morgan fingerprint density at radius 1 is 1.04 bits per heavy atom. The van der Waals surface area contributed by atoms with Gasteiger partial charge in [-0.25, -0.2) is 4.79 Å². The van der Waals surface area contributed by atoms with Crippen molar-refractivity contribution < 1.29 is 4.79 Å². The smallest absolute Gasteiger partial charge is 0.235 e. The van der Waals surface area contributed by atoms with Crippen LogP contribution < -0.4 is 0 Å². The van der Waals surface area contributed by atoms with E-state index < -0.39 is 0 Å². The van der Waals surface area contributed by atoms with Crippen molar-refractivity contribution in [1.29, 1.82) is 0 Å². The van der Waals surface area contributed by atoms with E-state index in [1.54, 1.807) is 0 Å². The highest BCUT2D eigenvalue weighted by Gasteiger charge is 2.61. The Kier molecular flexibility index (Phi) is 4.20. The summed E-state index contributed by atoms with van der Waals surface area (Å²) in [6.07, 6.45) is 9.49. The van der Waals surface area contributed by atoms with Crippen molar-refractivity contribution in [3.63, 3.8) is 0 Å². The van der Waals surface area contributed by atoms with Crippen LogP contribution in [0.3, 0.4) is 0 Å². The average Bonchev–Trinajstić information content (AvgIpc) is 2.58.